The number of carbonyl (C=O) groups excluding carboxylic acids is 1. The van der Waals surface area contributed by atoms with E-state index in [1.807, 2.05) is 18.2 Å². The van der Waals surface area contributed by atoms with Crippen molar-refractivity contribution in [2.45, 2.75) is 38.6 Å². The summed E-state index contributed by atoms with van der Waals surface area (Å²) in [7, 11) is 0. The molecule has 0 spiro atoms. The zero-order valence-electron chi connectivity index (χ0n) is 9.86. The van der Waals surface area contributed by atoms with Gasteiger partial charge in [-0.25, -0.2) is 0 Å². The van der Waals surface area contributed by atoms with E-state index in [9.17, 15) is 4.79 Å². The van der Waals surface area contributed by atoms with Crippen LogP contribution in [0.25, 0.3) is 0 Å². The lowest BCUT2D eigenvalue weighted by Gasteiger charge is -2.37. The molecule has 1 aliphatic heterocycles. The fourth-order valence-corrected chi connectivity index (χ4v) is 2.59. The topological polar surface area (TPSA) is 20.3 Å². The van der Waals surface area contributed by atoms with Gasteiger partial charge in [0.25, 0.3) is 0 Å². The number of benzene rings is 1. The van der Waals surface area contributed by atoms with Crippen molar-refractivity contribution in [3.63, 3.8) is 0 Å². The molecule has 0 saturated carbocycles. The highest BCUT2D eigenvalue weighted by Crippen LogP contribution is 2.28. The van der Waals surface area contributed by atoms with Crippen molar-refractivity contribution < 1.29 is 4.79 Å². The van der Waals surface area contributed by atoms with E-state index < -0.39 is 0 Å². The lowest BCUT2D eigenvalue weighted by molar-refractivity contribution is 0.112. The maximum Gasteiger partial charge on any atom is 0.152 e. The average Bonchev–Trinajstić information content (AvgIpc) is 2.38. The summed E-state index contributed by atoms with van der Waals surface area (Å²) >= 11 is 0. The van der Waals surface area contributed by atoms with Gasteiger partial charge in [-0.3, -0.25) is 4.79 Å². The van der Waals surface area contributed by atoms with Gasteiger partial charge >= 0.3 is 0 Å². The second-order valence-corrected chi connectivity index (χ2v) is 4.43. The molecule has 2 nitrogen and oxygen atoms in total. The number of anilines is 1. The number of para-hydroxylation sites is 1. The second-order valence-electron chi connectivity index (χ2n) is 4.43. The number of hydrogen-bond acceptors (Lipinski definition) is 2. The van der Waals surface area contributed by atoms with Gasteiger partial charge in [-0.05, 0) is 37.8 Å². The molecule has 1 saturated heterocycles. The Bertz CT molecular complexity index is 362. The Morgan fingerprint density at radius 3 is 2.94 bits per heavy atom. The third-order valence-corrected chi connectivity index (χ3v) is 3.47. The van der Waals surface area contributed by atoms with Crippen LogP contribution in [0.2, 0.25) is 0 Å². The van der Waals surface area contributed by atoms with Crippen LogP contribution >= 0.6 is 0 Å². The Morgan fingerprint density at radius 1 is 1.38 bits per heavy atom. The normalized spacial score (nSPS) is 20.8. The predicted molar refractivity (Wildman–Crippen MR) is 67.1 cm³/mol. The average molecular weight is 217 g/mol. The maximum atomic E-state index is 11.0. The van der Waals surface area contributed by atoms with Crippen LogP contribution in [-0.4, -0.2) is 18.9 Å². The standard InChI is InChI=1S/C14H19NO/c1-2-13-8-5-6-10-15(13)14-9-4-3-7-12(14)11-16/h3-4,7,9,11,13H,2,5-6,8,10H2,1H3. The van der Waals surface area contributed by atoms with Crippen molar-refractivity contribution in [3.05, 3.63) is 29.8 Å². The van der Waals surface area contributed by atoms with Crippen molar-refractivity contribution in [2.75, 3.05) is 11.4 Å². The number of piperidine rings is 1. The van der Waals surface area contributed by atoms with Crippen LogP contribution in [0.1, 0.15) is 43.0 Å². The summed E-state index contributed by atoms with van der Waals surface area (Å²) in [5.41, 5.74) is 1.94. The van der Waals surface area contributed by atoms with Crippen LogP contribution in [0.3, 0.4) is 0 Å². The summed E-state index contributed by atoms with van der Waals surface area (Å²) in [6.07, 6.45) is 5.94. The fourth-order valence-electron chi connectivity index (χ4n) is 2.59. The number of carbonyl (C=O) groups is 1. The van der Waals surface area contributed by atoms with Crippen LogP contribution in [0.5, 0.6) is 0 Å². The first-order chi connectivity index (χ1) is 7.86. The first-order valence-electron chi connectivity index (χ1n) is 6.17. The molecule has 0 radical (unpaired) electrons. The third kappa shape index (κ3) is 2.11. The molecule has 1 unspecified atom stereocenters. The van der Waals surface area contributed by atoms with Gasteiger partial charge in [-0.1, -0.05) is 19.1 Å². The van der Waals surface area contributed by atoms with Gasteiger partial charge < -0.3 is 4.90 Å². The van der Waals surface area contributed by atoms with Crippen LogP contribution < -0.4 is 4.90 Å². The van der Waals surface area contributed by atoms with Crippen LogP contribution in [0.4, 0.5) is 5.69 Å². The lowest BCUT2D eigenvalue weighted by Crippen LogP contribution is -2.39. The minimum atomic E-state index is 0.606. The van der Waals surface area contributed by atoms with E-state index in [1.165, 1.54) is 19.3 Å². The molecule has 1 aromatic rings. The Kier molecular flexibility index (Phi) is 3.60. The van der Waals surface area contributed by atoms with Gasteiger partial charge in [-0.15, -0.1) is 0 Å². The monoisotopic (exact) mass is 217 g/mol. The van der Waals surface area contributed by atoms with E-state index in [-0.39, 0.29) is 0 Å². The summed E-state index contributed by atoms with van der Waals surface area (Å²) in [6.45, 7) is 3.32. The van der Waals surface area contributed by atoms with Crippen molar-refractivity contribution in [3.8, 4) is 0 Å². The molecule has 0 bridgehead atoms. The van der Waals surface area contributed by atoms with E-state index in [0.717, 1.165) is 30.5 Å². The SMILES string of the molecule is CCC1CCCCN1c1ccccc1C=O. The maximum absolute atomic E-state index is 11.0. The molecule has 1 aliphatic rings. The minimum absolute atomic E-state index is 0.606. The van der Waals surface area contributed by atoms with Gasteiger partial charge in [0, 0.05) is 23.8 Å². The second kappa shape index (κ2) is 5.15. The zero-order chi connectivity index (χ0) is 11.4. The van der Waals surface area contributed by atoms with Crippen molar-refractivity contribution >= 4 is 12.0 Å². The molecule has 0 N–H and O–H groups in total. The van der Waals surface area contributed by atoms with Gasteiger partial charge in [0.15, 0.2) is 6.29 Å². The Morgan fingerprint density at radius 2 is 2.19 bits per heavy atom. The Balaban J connectivity index is 2.30. The first kappa shape index (κ1) is 11.2. The lowest BCUT2D eigenvalue weighted by atomic mass is 9.98. The zero-order valence-corrected chi connectivity index (χ0v) is 9.86. The molecule has 0 aliphatic carbocycles. The van der Waals surface area contributed by atoms with Gasteiger partial charge in [0.2, 0.25) is 0 Å². The van der Waals surface area contributed by atoms with Gasteiger partial charge in [-0.2, -0.15) is 0 Å². The summed E-state index contributed by atoms with van der Waals surface area (Å²) in [5.74, 6) is 0. The van der Waals surface area contributed by atoms with Crippen molar-refractivity contribution in [1.82, 2.24) is 0 Å². The minimum Gasteiger partial charge on any atom is -0.368 e. The number of hydrogen-bond donors (Lipinski definition) is 0. The Hall–Kier alpha value is -1.31. The Labute approximate surface area is 97.3 Å². The van der Waals surface area contributed by atoms with E-state index >= 15 is 0 Å². The largest absolute Gasteiger partial charge is 0.368 e. The highest BCUT2D eigenvalue weighted by molar-refractivity contribution is 5.84. The third-order valence-electron chi connectivity index (χ3n) is 3.47. The van der Waals surface area contributed by atoms with E-state index in [0.29, 0.717) is 6.04 Å². The van der Waals surface area contributed by atoms with Crippen molar-refractivity contribution in [2.24, 2.45) is 0 Å². The van der Waals surface area contributed by atoms with Gasteiger partial charge in [0.05, 0.1) is 0 Å². The number of rotatable bonds is 3. The molecule has 86 valence electrons. The smallest absolute Gasteiger partial charge is 0.152 e. The fraction of sp³-hybridized carbons (Fsp3) is 0.500. The highest BCUT2D eigenvalue weighted by atomic mass is 16.1. The molecule has 0 amide bonds. The molecule has 1 heterocycles. The number of nitrogens with zero attached hydrogens (tertiary/aromatic N) is 1. The predicted octanol–water partition coefficient (Wildman–Crippen LogP) is 3.27. The summed E-state index contributed by atoms with van der Waals surface area (Å²) in [6, 6.07) is 8.53. The molecule has 1 aromatic carbocycles. The quantitative estimate of drug-likeness (QED) is 0.724. The van der Waals surface area contributed by atoms with Crippen LogP contribution in [0.15, 0.2) is 24.3 Å². The number of aldehydes is 1. The van der Waals surface area contributed by atoms with E-state index in [4.69, 9.17) is 0 Å². The first-order valence-corrected chi connectivity index (χ1v) is 6.17. The molecule has 2 heteroatoms. The molecular weight excluding hydrogens is 198 g/mol. The molecular formula is C14H19NO. The van der Waals surface area contributed by atoms with Crippen LogP contribution in [-0.2, 0) is 0 Å². The summed E-state index contributed by atoms with van der Waals surface area (Å²) in [4.78, 5) is 13.4. The van der Waals surface area contributed by atoms with E-state index in [2.05, 4.69) is 17.9 Å². The summed E-state index contributed by atoms with van der Waals surface area (Å²) in [5, 5.41) is 0. The molecule has 16 heavy (non-hydrogen) atoms. The highest BCUT2D eigenvalue weighted by Gasteiger charge is 2.22. The molecule has 1 atom stereocenters. The van der Waals surface area contributed by atoms with E-state index in [1.54, 1.807) is 0 Å². The van der Waals surface area contributed by atoms with Crippen LogP contribution in [0, 0.1) is 0 Å². The van der Waals surface area contributed by atoms with Gasteiger partial charge in [0.1, 0.15) is 0 Å². The molecule has 2 rings (SSSR count). The summed E-state index contributed by atoms with van der Waals surface area (Å²) < 4.78 is 0. The molecule has 1 fully saturated rings. The van der Waals surface area contributed by atoms with Crippen molar-refractivity contribution in [1.29, 1.82) is 0 Å². The molecule has 0 aromatic heterocycles.